The molecule has 1 saturated heterocycles. The highest BCUT2D eigenvalue weighted by molar-refractivity contribution is 6.30. The summed E-state index contributed by atoms with van der Waals surface area (Å²) in [6, 6.07) is 9.17. The predicted molar refractivity (Wildman–Crippen MR) is 92.3 cm³/mol. The number of halogens is 1. The van der Waals surface area contributed by atoms with Gasteiger partial charge in [-0.05, 0) is 48.9 Å². The van der Waals surface area contributed by atoms with Gasteiger partial charge in [0, 0.05) is 30.5 Å². The van der Waals surface area contributed by atoms with Gasteiger partial charge in [-0.3, -0.25) is 0 Å². The third-order valence-electron chi connectivity index (χ3n) is 5.00. The van der Waals surface area contributed by atoms with Crippen molar-refractivity contribution in [1.82, 2.24) is 9.97 Å². The van der Waals surface area contributed by atoms with E-state index in [-0.39, 0.29) is 6.10 Å². The molecule has 6 heteroatoms. The van der Waals surface area contributed by atoms with Gasteiger partial charge in [-0.25, -0.2) is 9.97 Å². The SMILES string of the molecule is O[C@@H]1C[C@H]2CN(c3ncccn3)C[C@H]2C[C@H]1Oc1cccc(Cl)c1. The van der Waals surface area contributed by atoms with Crippen LogP contribution in [0.3, 0.4) is 0 Å². The highest BCUT2D eigenvalue weighted by atomic mass is 35.5. The number of hydrogen-bond acceptors (Lipinski definition) is 5. The van der Waals surface area contributed by atoms with E-state index in [1.165, 1.54) is 0 Å². The Morgan fingerprint density at radius 3 is 2.58 bits per heavy atom. The molecular formula is C18H20ClN3O2. The molecular weight excluding hydrogens is 326 g/mol. The minimum absolute atomic E-state index is 0.193. The predicted octanol–water partition coefficient (Wildman–Crippen LogP) is 2.78. The smallest absolute Gasteiger partial charge is 0.225 e. The van der Waals surface area contributed by atoms with Crippen LogP contribution >= 0.6 is 11.6 Å². The van der Waals surface area contributed by atoms with Crippen molar-refractivity contribution in [3.05, 3.63) is 47.7 Å². The number of anilines is 1. The zero-order chi connectivity index (χ0) is 16.5. The molecule has 1 aromatic carbocycles. The second-order valence-electron chi connectivity index (χ2n) is 6.63. The van der Waals surface area contributed by atoms with Crippen molar-refractivity contribution in [2.24, 2.45) is 11.8 Å². The Labute approximate surface area is 146 Å². The second-order valence-corrected chi connectivity index (χ2v) is 7.06. The summed E-state index contributed by atoms with van der Waals surface area (Å²) in [6.07, 6.45) is 4.47. The molecule has 1 aromatic heterocycles. The first kappa shape index (κ1) is 15.7. The van der Waals surface area contributed by atoms with Gasteiger partial charge in [-0.15, -0.1) is 0 Å². The minimum atomic E-state index is -0.457. The highest BCUT2D eigenvalue weighted by Crippen LogP contribution is 2.39. The summed E-state index contributed by atoms with van der Waals surface area (Å²) >= 11 is 6.01. The van der Waals surface area contributed by atoms with E-state index in [0.29, 0.717) is 22.6 Å². The van der Waals surface area contributed by atoms with Gasteiger partial charge in [0.15, 0.2) is 0 Å². The Balaban J connectivity index is 1.44. The Kier molecular flexibility index (Phi) is 4.29. The molecule has 1 N–H and O–H groups in total. The average Bonchev–Trinajstić information content (AvgIpc) is 2.99. The topological polar surface area (TPSA) is 58.5 Å². The van der Waals surface area contributed by atoms with E-state index in [1.807, 2.05) is 24.3 Å². The maximum atomic E-state index is 10.5. The molecule has 126 valence electrons. The molecule has 5 nitrogen and oxygen atoms in total. The van der Waals surface area contributed by atoms with Gasteiger partial charge < -0.3 is 14.7 Å². The zero-order valence-electron chi connectivity index (χ0n) is 13.3. The number of aliphatic hydroxyl groups is 1. The van der Waals surface area contributed by atoms with E-state index in [4.69, 9.17) is 16.3 Å². The molecule has 0 unspecified atom stereocenters. The first-order chi connectivity index (χ1) is 11.7. The standard InChI is InChI=1S/C18H20ClN3O2/c19-14-3-1-4-15(9-14)24-17-8-13-11-22(10-12(13)7-16(17)23)18-20-5-2-6-21-18/h1-6,9,12-13,16-17,23H,7-8,10-11H2/t12-,13+,16+,17+/m0/s1. The van der Waals surface area contributed by atoms with Gasteiger partial charge in [0.25, 0.3) is 0 Å². The van der Waals surface area contributed by atoms with Gasteiger partial charge in [-0.1, -0.05) is 17.7 Å². The highest BCUT2D eigenvalue weighted by Gasteiger charge is 2.43. The fraction of sp³-hybridized carbons (Fsp3) is 0.444. The molecule has 0 amide bonds. The lowest BCUT2D eigenvalue weighted by Crippen LogP contribution is -2.42. The van der Waals surface area contributed by atoms with Gasteiger partial charge in [0.1, 0.15) is 11.9 Å². The summed E-state index contributed by atoms with van der Waals surface area (Å²) in [6.45, 7) is 1.81. The number of fused-ring (bicyclic) bond motifs is 1. The number of aromatic nitrogens is 2. The van der Waals surface area contributed by atoms with Crippen molar-refractivity contribution < 1.29 is 9.84 Å². The van der Waals surface area contributed by atoms with E-state index in [9.17, 15) is 5.11 Å². The van der Waals surface area contributed by atoms with Crippen LogP contribution in [0.5, 0.6) is 5.75 Å². The molecule has 1 saturated carbocycles. The van der Waals surface area contributed by atoms with Crippen molar-refractivity contribution >= 4 is 17.5 Å². The summed E-state index contributed by atoms with van der Waals surface area (Å²) in [7, 11) is 0. The van der Waals surface area contributed by atoms with E-state index in [2.05, 4.69) is 14.9 Å². The van der Waals surface area contributed by atoms with E-state index in [1.54, 1.807) is 18.5 Å². The van der Waals surface area contributed by atoms with Crippen molar-refractivity contribution in [2.75, 3.05) is 18.0 Å². The Bertz CT molecular complexity index is 700. The van der Waals surface area contributed by atoms with Crippen LogP contribution in [0.25, 0.3) is 0 Å². The lowest BCUT2D eigenvalue weighted by atomic mass is 9.78. The van der Waals surface area contributed by atoms with E-state index >= 15 is 0 Å². The first-order valence-electron chi connectivity index (χ1n) is 8.31. The molecule has 24 heavy (non-hydrogen) atoms. The minimum Gasteiger partial charge on any atom is -0.488 e. The van der Waals surface area contributed by atoms with Crippen molar-refractivity contribution in [2.45, 2.75) is 25.0 Å². The van der Waals surface area contributed by atoms with Crippen molar-refractivity contribution in [1.29, 1.82) is 0 Å². The Morgan fingerprint density at radius 1 is 1.08 bits per heavy atom. The van der Waals surface area contributed by atoms with Crippen LogP contribution in [-0.2, 0) is 0 Å². The van der Waals surface area contributed by atoms with Gasteiger partial charge in [0.05, 0.1) is 6.10 Å². The van der Waals surface area contributed by atoms with Crippen molar-refractivity contribution in [3.63, 3.8) is 0 Å². The van der Waals surface area contributed by atoms with Crippen LogP contribution in [0, 0.1) is 11.8 Å². The van der Waals surface area contributed by atoms with Crippen LogP contribution in [0.2, 0.25) is 5.02 Å². The van der Waals surface area contributed by atoms with Gasteiger partial charge in [0.2, 0.25) is 5.95 Å². The zero-order valence-corrected chi connectivity index (χ0v) is 14.0. The van der Waals surface area contributed by atoms with Crippen LogP contribution in [0.4, 0.5) is 5.95 Å². The number of ether oxygens (including phenoxy) is 1. The van der Waals surface area contributed by atoms with E-state index in [0.717, 1.165) is 31.9 Å². The number of nitrogens with zero attached hydrogens (tertiary/aromatic N) is 3. The molecule has 4 atom stereocenters. The summed E-state index contributed by atoms with van der Waals surface area (Å²) in [5.41, 5.74) is 0. The Morgan fingerprint density at radius 2 is 1.83 bits per heavy atom. The third kappa shape index (κ3) is 3.19. The quantitative estimate of drug-likeness (QED) is 0.927. The lowest BCUT2D eigenvalue weighted by molar-refractivity contribution is -0.0231. The first-order valence-corrected chi connectivity index (χ1v) is 8.69. The second kappa shape index (κ2) is 6.57. The van der Waals surface area contributed by atoms with Gasteiger partial charge in [-0.2, -0.15) is 0 Å². The number of hydrogen-bond donors (Lipinski definition) is 1. The van der Waals surface area contributed by atoms with E-state index < -0.39 is 6.10 Å². The fourth-order valence-corrected chi connectivity index (χ4v) is 4.03. The van der Waals surface area contributed by atoms with Crippen LogP contribution in [-0.4, -0.2) is 40.4 Å². The molecule has 2 aromatic rings. The molecule has 1 aliphatic carbocycles. The fourth-order valence-electron chi connectivity index (χ4n) is 3.85. The van der Waals surface area contributed by atoms with Gasteiger partial charge >= 0.3 is 0 Å². The monoisotopic (exact) mass is 345 g/mol. The number of rotatable bonds is 3. The van der Waals surface area contributed by atoms with Crippen molar-refractivity contribution in [3.8, 4) is 5.75 Å². The molecule has 4 rings (SSSR count). The molecule has 0 spiro atoms. The van der Waals surface area contributed by atoms with Crippen LogP contribution < -0.4 is 9.64 Å². The summed E-state index contributed by atoms with van der Waals surface area (Å²) < 4.78 is 6.01. The maximum absolute atomic E-state index is 10.5. The lowest BCUT2D eigenvalue weighted by Gasteiger charge is -2.35. The summed E-state index contributed by atoms with van der Waals surface area (Å²) in [4.78, 5) is 10.9. The summed E-state index contributed by atoms with van der Waals surface area (Å²) in [5.74, 6) is 2.43. The molecule has 2 heterocycles. The van der Waals surface area contributed by atoms with Crippen LogP contribution in [0.15, 0.2) is 42.7 Å². The normalized spacial score (nSPS) is 29.3. The molecule has 2 fully saturated rings. The molecule has 0 radical (unpaired) electrons. The molecule has 0 bridgehead atoms. The summed E-state index contributed by atoms with van der Waals surface area (Å²) in [5, 5.41) is 11.1. The largest absolute Gasteiger partial charge is 0.488 e. The third-order valence-corrected chi connectivity index (χ3v) is 5.24. The number of benzene rings is 1. The Hall–Kier alpha value is -1.85. The number of aliphatic hydroxyl groups excluding tert-OH is 1. The molecule has 1 aliphatic heterocycles. The average molecular weight is 346 g/mol. The molecule has 2 aliphatic rings. The maximum Gasteiger partial charge on any atom is 0.225 e. The van der Waals surface area contributed by atoms with Crippen LogP contribution in [0.1, 0.15) is 12.8 Å².